The summed E-state index contributed by atoms with van der Waals surface area (Å²) in [6, 6.07) is 14.8. The quantitative estimate of drug-likeness (QED) is 0.806. The fraction of sp³-hybridized carbons (Fsp3) is 0.278. The second-order valence-electron chi connectivity index (χ2n) is 5.48. The van der Waals surface area contributed by atoms with Gasteiger partial charge in [0.1, 0.15) is 0 Å². The van der Waals surface area contributed by atoms with E-state index in [1.54, 1.807) is 0 Å². The lowest BCUT2D eigenvalue weighted by atomic mass is 10.0. The molecule has 3 heteroatoms. The summed E-state index contributed by atoms with van der Waals surface area (Å²) in [6.07, 6.45) is 0. The highest BCUT2D eigenvalue weighted by atomic mass is 32.1. The van der Waals surface area contributed by atoms with E-state index < -0.39 is 0 Å². The molecular weight excluding hydrogens is 276 g/mol. The second kappa shape index (κ2) is 6.72. The largest absolute Gasteiger partial charge is 0.356 e. The van der Waals surface area contributed by atoms with Gasteiger partial charge in [-0.25, -0.2) is 0 Å². The smallest absolute Gasteiger partial charge is 0.171 e. The molecule has 2 nitrogen and oxygen atoms in total. The van der Waals surface area contributed by atoms with Gasteiger partial charge in [-0.1, -0.05) is 30.3 Å². The van der Waals surface area contributed by atoms with E-state index in [0.29, 0.717) is 5.11 Å². The fourth-order valence-electron chi connectivity index (χ4n) is 2.33. The van der Waals surface area contributed by atoms with Crippen LogP contribution in [0.2, 0.25) is 0 Å². The number of anilines is 1. The normalized spacial score (nSPS) is 11.8. The second-order valence-corrected chi connectivity index (χ2v) is 5.88. The third kappa shape index (κ3) is 4.05. The monoisotopic (exact) mass is 298 g/mol. The molecule has 1 atom stereocenters. The topological polar surface area (TPSA) is 24.1 Å². The fourth-order valence-corrected chi connectivity index (χ4v) is 2.63. The maximum Gasteiger partial charge on any atom is 0.171 e. The first kappa shape index (κ1) is 15.5. The summed E-state index contributed by atoms with van der Waals surface area (Å²) in [4.78, 5) is 0. The lowest BCUT2D eigenvalue weighted by Crippen LogP contribution is -2.31. The maximum atomic E-state index is 5.41. The number of hydrogen-bond donors (Lipinski definition) is 2. The standard InChI is InChI=1S/C18H22N2S/c1-12-9-10-16(11-14(12)3)20-18(21)19-15(4)17-8-6-5-7-13(17)2/h5-11,15H,1-4H3,(H2,19,20,21)/t15-/m0/s1. The average molecular weight is 298 g/mol. The zero-order chi connectivity index (χ0) is 15.4. The van der Waals surface area contributed by atoms with Gasteiger partial charge in [0, 0.05) is 5.69 Å². The zero-order valence-corrected chi connectivity index (χ0v) is 13.8. The van der Waals surface area contributed by atoms with E-state index >= 15 is 0 Å². The molecule has 0 bridgehead atoms. The first-order chi connectivity index (χ1) is 9.97. The van der Waals surface area contributed by atoms with Gasteiger partial charge in [0.25, 0.3) is 0 Å². The molecule has 0 spiro atoms. The van der Waals surface area contributed by atoms with Crippen molar-refractivity contribution in [3.8, 4) is 0 Å². The van der Waals surface area contributed by atoms with Crippen LogP contribution in [0, 0.1) is 20.8 Å². The Hall–Kier alpha value is -1.87. The first-order valence-corrected chi connectivity index (χ1v) is 7.58. The Bertz CT molecular complexity index is 649. The van der Waals surface area contributed by atoms with Gasteiger partial charge >= 0.3 is 0 Å². The highest BCUT2D eigenvalue weighted by Gasteiger charge is 2.09. The number of hydrogen-bond acceptors (Lipinski definition) is 1. The van der Waals surface area contributed by atoms with Crippen molar-refractivity contribution in [2.45, 2.75) is 33.7 Å². The third-order valence-electron chi connectivity index (χ3n) is 3.77. The Labute approximate surface area is 132 Å². The highest BCUT2D eigenvalue weighted by Crippen LogP contribution is 2.18. The van der Waals surface area contributed by atoms with Gasteiger partial charge in [-0.15, -0.1) is 0 Å². The van der Waals surface area contributed by atoms with Gasteiger partial charge < -0.3 is 10.6 Å². The first-order valence-electron chi connectivity index (χ1n) is 7.17. The predicted octanol–water partition coefficient (Wildman–Crippen LogP) is 4.66. The van der Waals surface area contributed by atoms with E-state index in [0.717, 1.165) is 5.69 Å². The van der Waals surface area contributed by atoms with Crippen molar-refractivity contribution in [1.82, 2.24) is 5.32 Å². The van der Waals surface area contributed by atoms with E-state index in [2.05, 4.69) is 80.8 Å². The van der Waals surface area contributed by atoms with Crippen LogP contribution >= 0.6 is 12.2 Å². The van der Waals surface area contributed by atoms with Crippen molar-refractivity contribution in [3.63, 3.8) is 0 Å². The molecule has 0 fully saturated rings. The van der Waals surface area contributed by atoms with E-state index in [-0.39, 0.29) is 6.04 Å². The van der Waals surface area contributed by atoms with Crippen LogP contribution in [0.15, 0.2) is 42.5 Å². The molecule has 110 valence electrons. The lowest BCUT2D eigenvalue weighted by molar-refractivity contribution is 0.717. The van der Waals surface area contributed by atoms with Crippen LogP contribution in [0.5, 0.6) is 0 Å². The molecule has 0 radical (unpaired) electrons. The summed E-state index contributed by atoms with van der Waals surface area (Å²) in [7, 11) is 0. The summed E-state index contributed by atoms with van der Waals surface area (Å²) in [5.74, 6) is 0. The Kier molecular flexibility index (Phi) is 4.97. The van der Waals surface area contributed by atoms with E-state index in [4.69, 9.17) is 12.2 Å². The Morgan fingerprint density at radius 2 is 1.67 bits per heavy atom. The zero-order valence-electron chi connectivity index (χ0n) is 13.0. The van der Waals surface area contributed by atoms with Crippen molar-refractivity contribution in [3.05, 3.63) is 64.7 Å². The molecule has 0 aromatic heterocycles. The van der Waals surface area contributed by atoms with Gasteiger partial charge in [0.05, 0.1) is 6.04 Å². The molecule has 0 unspecified atom stereocenters. The summed E-state index contributed by atoms with van der Waals surface area (Å²) in [5, 5.41) is 7.24. The van der Waals surface area contributed by atoms with Crippen LogP contribution in [-0.4, -0.2) is 5.11 Å². The van der Waals surface area contributed by atoms with Crippen LogP contribution in [0.25, 0.3) is 0 Å². The maximum absolute atomic E-state index is 5.41. The van der Waals surface area contributed by atoms with Crippen molar-refractivity contribution in [2.75, 3.05) is 5.32 Å². The van der Waals surface area contributed by atoms with Crippen LogP contribution in [0.4, 0.5) is 5.69 Å². The molecule has 21 heavy (non-hydrogen) atoms. The van der Waals surface area contributed by atoms with Crippen LogP contribution in [-0.2, 0) is 0 Å². The number of rotatable bonds is 3. The molecular formula is C18H22N2S. The number of thiocarbonyl (C=S) groups is 1. The summed E-state index contributed by atoms with van der Waals surface area (Å²) < 4.78 is 0. The summed E-state index contributed by atoms with van der Waals surface area (Å²) in [6.45, 7) is 8.45. The predicted molar refractivity (Wildman–Crippen MR) is 94.9 cm³/mol. The molecule has 2 rings (SSSR count). The van der Waals surface area contributed by atoms with Gasteiger partial charge in [-0.3, -0.25) is 0 Å². The van der Waals surface area contributed by atoms with Crippen molar-refractivity contribution >= 4 is 23.0 Å². The molecule has 0 saturated heterocycles. The molecule has 0 saturated carbocycles. The Morgan fingerprint density at radius 1 is 0.952 bits per heavy atom. The third-order valence-corrected chi connectivity index (χ3v) is 3.99. The molecule has 0 aliphatic heterocycles. The summed E-state index contributed by atoms with van der Waals surface area (Å²) >= 11 is 5.41. The average Bonchev–Trinajstić information content (AvgIpc) is 2.43. The van der Waals surface area contributed by atoms with Crippen LogP contribution in [0.3, 0.4) is 0 Å². The van der Waals surface area contributed by atoms with Gasteiger partial charge in [-0.05, 0) is 74.3 Å². The molecule has 0 aliphatic carbocycles. The molecule has 2 aromatic carbocycles. The Morgan fingerprint density at radius 3 is 2.33 bits per heavy atom. The SMILES string of the molecule is Cc1ccc(NC(=S)N[C@@H](C)c2ccccc2C)cc1C. The van der Waals surface area contributed by atoms with Gasteiger partial charge in [-0.2, -0.15) is 0 Å². The van der Waals surface area contributed by atoms with Crippen LogP contribution < -0.4 is 10.6 Å². The van der Waals surface area contributed by atoms with Crippen molar-refractivity contribution < 1.29 is 0 Å². The van der Waals surface area contributed by atoms with E-state index in [9.17, 15) is 0 Å². The Balaban J connectivity index is 2.01. The van der Waals surface area contributed by atoms with E-state index in [1.165, 1.54) is 22.3 Å². The number of nitrogens with one attached hydrogen (secondary N) is 2. The minimum Gasteiger partial charge on any atom is -0.356 e. The van der Waals surface area contributed by atoms with E-state index in [1.807, 2.05) is 0 Å². The molecule has 0 aliphatic rings. The molecule has 2 N–H and O–H groups in total. The minimum absolute atomic E-state index is 0.178. The van der Waals surface area contributed by atoms with Crippen molar-refractivity contribution in [1.29, 1.82) is 0 Å². The molecule has 0 amide bonds. The lowest BCUT2D eigenvalue weighted by Gasteiger charge is -2.19. The molecule has 2 aromatic rings. The van der Waals surface area contributed by atoms with Gasteiger partial charge in [0.15, 0.2) is 5.11 Å². The number of aryl methyl sites for hydroxylation is 3. The minimum atomic E-state index is 0.178. The van der Waals surface area contributed by atoms with Gasteiger partial charge in [0.2, 0.25) is 0 Å². The van der Waals surface area contributed by atoms with Crippen molar-refractivity contribution in [2.24, 2.45) is 0 Å². The summed E-state index contributed by atoms with van der Waals surface area (Å²) in [5.41, 5.74) is 6.10. The van der Waals surface area contributed by atoms with Crippen LogP contribution in [0.1, 0.15) is 35.2 Å². The highest BCUT2D eigenvalue weighted by molar-refractivity contribution is 7.80. The molecule has 0 heterocycles. The number of benzene rings is 2.